The molecule has 0 saturated carbocycles. The van der Waals surface area contributed by atoms with Crippen molar-refractivity contribution in [3.63, 3.8) is 0 Å². The predicted molar refractivity (Wildman–Crippen MR) is 91.3 cm³/mol. The average molecular weight is 358 g/mol. The Hall–Kier alpha value is -3.16. The van der Waals surface area contributed by atoms with Gasteiger partial charge in [-0.15, -0.1) is 0 Å². The van der Waals surface area contributed by atoms with Gasteiger partial charge in [-0.05, 0) is 31.4 Å². The molecule has 1 atom stereocenters. The fourth-order valence-corrected chi connectivity index (χ4v) is 3.01. The van der Waals surface area contributed by atoms with Gasteiger partial charge in [0.05, 0.1) is 5.39 Å². The van der Waals surface area contributed by atoms with Crippen LogP contribution < -0.4 is 11.2 Å². The normalized spacial score (nSPS) is 17.1. The Kier molecular flexibility index (Phi) is 5.01. The van der Waals surface area contributed by atoms with E-state index in [1.807, 2.05) is 0 Å². The molecule has 0 unspecified atom stereocenters. The lowest BCUT2D eigenvalue weighted by Gasteiger charge is -2.33. The number of para-hydroxylation sites is 1. The molecule has 1 aliphatic heterocycles. The molecule has 8 nitrogen and oxygen atoms in total. The highest BCUT2D eigenvalue weighted by molar-refractivity contribution is 5.92. The summed E-state index contributed by atoms with van der Waals surface area (Å²) in [6.07, 6.45) is 2.05. The van der Waals surface area contributed by atoms with Crippen LogP contribution >= 0.6 is 0 Å². The summed E-state index contributed by atoms with van der Waals surface area (Å²) in [5, 5.41) is 0.345. The molecule has 1 aromatic heterocycles. The molecule has 2 aromatic rings. The summed E-state index contributed by atoms with van der Waals surface area (Å²) in [6.45, 7) is -0.172. The highest BCUT2D eigenvalue weighted by atomic mass is 16.5. The Labute approximate surface area is 148 Å². The predicted octanol–water partition coefficient (Wildman–Crippen LogP) is 0.816. The maximum Gasteiger partial charge on any atom is 0.374 e. The number of nitrogens with two attached hydrogens (primary N) is 1. The molecular weight excluding hydrogens is 340 g/mol. The smallest absolute Gasteiger partial charge is 0.374 e. The molecule has 2 amide bonds. The second-order valence-corrected chi connectivity index (χ2v) is 6.05. The van der Waals surface area contributed by atoms with E-state index in [9.17, 15) is 19.2 Å². The molecule has 2 N–H and O–H groups in total. The number of esters is 1. The van der Waals surface area contributed by atoms with Crippen molar-refractivity contribution in [1.82, 2.24) is 4.90 Å². The van der Waals surface area contributed by atoms with E-state index in [1.54, 1.807) is 24.3 Å². The van der Waals surface area contributed by atoms with Crippen molar-refractivity contribution in [3.8, 4) is 0 Å². The van der Waals surface area contributed by atoms with Gasteiger partial charge < -0.3 is 19.8 Å². The van der Waals surface area contributed by atoms with Gasteiger partial charge in [0.2, 0.25) is 11.7 Å². The van der Waals surface area contributed by atoms with Crippen LogP contribution in [0.1, 0.15) is 29.8 Å². The molecule has 0 aliphatic carbocycles. The van der Waals surface area contributed by atoms with Crippen LogP contribution in [0.3, 0.4) is 0 Å². The summed E-state index contributed by atoms with van der Waals surface area (Å²) in [5.74, 6) is -2.30. The van der Waals surface area contributed by atoms with Crippen LogP contribution in [0.15, 0.2) is 39.5 Å². The summed E-state index contributed by atoms with van der Waals surface area (Å²) in [5.41, 5.74) is 5.19. The van der Waals surface area contributed by atoms with E-state index in [-0.39, 0.29) is 16.8 Å². The van der Waals surface area contributed by atoms with Crippen molar-refractivity contribution in [2.45, 2.75) is 25.3 Å². The topological polar surface area (TPSA) is 120 Å². The largest absolute Gasteiger partial charge is 0.450 e. The van der Waals surface area contributed by atoms with E-state index in [2.05, 4.69) is 0 Å². The first-order chi connectivity index (χ1) is 12.5. The highest BCUT2D eigenvalue weighted by Gasteiger charge is 2.31. The van der Waals surface area contributed by atoms with Crippen LogP contribution in [0.2, 0.25) is 0 Å². The van der Waals surface area contributed by atoms with Crippen LogP contribution in [0, 0.1) is 0 Å². The third-order valence-electron chi connectivity index (χ3n) is 4.31. The quantitative estimate of drug-likeness (QED) is 0.808. The molecule has 0 spiro atoms. The molecule has 26 heavy (non-hydrogen) atoms. The van der Waals surface area contributed by atoms with Crippen molar-refractivity contribution in [1.29, 1.82) is 0 Å². The molecule has 1 fully saturated rings. The van der Waals surface area contributed by atoms with Crippen LogP contribution in [0.25, 0.3) is 11.0 Å². The first-order valence-electron chi connectivity index (χ1n) is 8.26. The van der Waals surface area contributed by atoms with Gasteiger partial charge in [-0.1, -0.05) is 12.1 Å². The average Bonchev–Trinajstić information content (AvgIpc) is 2.65. The van der Waals surface area contributed by atoms with Crippen LogP contribution in [0.4, 0.5) is 0 Å². The van der Waals surface area contributed by atoms with Gasteiger partial charge in [-0.25, -0.2) is 4.79 Å². The molecule has 1 aliphatic rings. The summed E-state index contributed by atoms with van der Waals surface area (Å²) >= 11 is 0. The van der Waals surface area contributed by atoms with Crippen molar-refractivity contribution >= 4 is 28.8 Å². The third kappa shape index (κ3) is 3.58. The van der Waals surface area contributed by atoms with Gasteiger partial charge in [-0.2, -0.15) is 0 Å². The summed E-state index contributed by atoms with van der Waals surface area (Å²) in [4.78, 5) is 49.2. The maximum absolute atomic E-state index is 12.3. The molecule has 2 heterocycles. The summed E-state index contributed by atoms with van der Waals surface area (Å²) in [6, 6.07) is 6.84. The summed E-state index contributed by atoms with van der Waals surface area (Å²) < 4.78 is 10.3. The lowest BCUT2D eigenvalue weighted by Crippen LogP contribution is -2.51. The third-order valence-corrected chi connectivity index (χ3v) is 4.31. The number of hydrogen-bond acceptors (Lipinski definition) is 6. The first kappa shape index (κ1) is 17.7. The lowest BCUT2D eigenvalue weighted by molar-refractivity contribution is -0.143. The number of carbonyl (C=O) groups excluding carboxylic acids is 3. The first-order valence-corrected chi connectivity index (χ1v) is 8.26. The van der Waals surface area contributed by atoms with E-state index >= 15 is 0 Å². The number of primary amides is 1. The molecule has 0 radical (unpaired) electrons. The van der Waals surface area contributed by atoms with Crippen molar-refractivity contribution in [2.75, 3.05) is 13.2 Å². The second-order valence-electron chi connectivity index (χ2n) is 6.05. The number of rotatable bonds is 4. The maximum atomic E-state index is 12.3. The van der Waals surface area contributed by atoms with E-state index in [0.717, 1.165) is 18.9 Å². The minimum absolute atomic E-state index is 0.253. The lowest BCUT2D eigenvalue weighted by atomic mass is 10.0. The summed E-state index contributed by atoms with van der Waals surface area (Å²) in [7, 11) is 0. The second kappa shape index (κ2) is 7.38. The zero-order valence-electron chi connectivity index (χ0n) is 14.0. The molecule has 8 heteroatoms. The van der Waals surface area contributed by atoms with E-state index < -0.39 is 30.4 Å². The number of hydrogen-bond donors (Lipinski definition) is 1. The zero-order chi connectivity index (χ0) is 18.7. The minimum Gasteiger partial charge on any atom is -0.450 e. The Bertz CT molecular complexity index is 919. The Morgan fingerprint density at radius 2 is 2.00 bits per heavy atom. The fraction of sp³-hybridized carbons (Fsp3) is 0.333. The van der Waals surface area contributed by atoms with Crippen LogP contribution in [-0.4, -0.2) is 41.9 Å². The molecule has 3 rings (SSSR count). The van der Waals surface area contributed by atoms with Crippen molar-refractivity contribution < 1.29 is 23.5 Å². The molecule has 1 saturated heterocycles. The number of nitrogens with zero attached hydrogens (tertiary/aromatic N) is 1. The van der Waals surface area contributed by atoms with Crippen LogP contribution in [0.5, 0.6) is 0 Å². The van der Waals surface area contributed by atoms with E-state index in [4.69, 9.17) is 14.9 Å². The highest BCUT2D eigenvalue weighted by Crippen LogP contribution is 2.17. The van der Waals surface area contributed by atoms with E-state index in [1.165, 1.54) is 4.90 Å². The standard InChI is InChI=1S/C18H18N2O6/c19-17(23)12-6-3-4-8-20(12)16(22)10-25-18(24)15-9-13(21)11-5-1-2-7-14(11)26-15/h1-2,5,7,9,12H,3-4,6,8,10H2,(H2,19,23)/t12-/m1/s1. The van der Waals surface area contributed by atoms with Crippen molar-refractivity contribution in [3.05, 3.63) is 46.3 Å². The van der Waals surface area contributed by atoms with Gasteiger partial charge >= 0.3 is 5.97 Å². The molecule has 136 valence electrons. The number of amides is 2. The number of likely N-dealkylation sites (tertiary alicyclic amines) is 1. The molecule has 0 bridgehead atoms. The number of fused-ring (bicyclic) bond motifs is 1. The van der Waals surface area contributed by atoms with Gasteiger partial charge in [0, 0.05) is 12.6 Å². The Balaban J connectivity index is 1.69. The zero-order valence-corrected chi connectivity index (χ0v) is 14.0. The monoisotopic (exact) mass is 358 g/mol. The Morgan fingerprint density at radius 3 is 2.77 bits per heavy atom. The van der Waals surface area contributed by atoms with Gasteiger partial charge in [0.25, 0.3) is 5.91 Å². The molecule has 1 aromatic carbocycles. The number of benzene rings is 1. The SMILES string of the molecule is NC(=O)[C@H]1CCCCN1C(=O)COC(=O)c1cc(=O)c2ccccc2o1. The fourth-order valence-electron chi connectivity index (χ4n) is 3.01. The van der Waals surface area contributed by atoms with Crippen LogP contribution in [-0.2, 0) is 14.3 Å². The van der Waals surface area contributed by atoms with Gasteiger partial charge in [0.1, 0.15) is 11.6 Å². The number of carbonyl (C=O) groups is 3. The number of ether oxygens (including phenoxy) is 1. The van der Waals surface area contributed by atoms with Gasteiger partial charge in [-0.3, -0.25) is 14.4 Å². The number of piperidine rings is 1. The van der Waals surface area contributed by atoms with Gasteiger partial charge in [0.15, 0.2) is 12.0 Å². The van der Waals surface area contributed by atoms with E-state index in [0.29, 0.717) is 18.4 Å². The van der Waals surface area contributed by atoms with Crippen molar-refractivity contribution in [2.24, 2.45) is 5.73 Å². The Morgan fingerprint density at radius 1 is 1.23 bits per heavy atom. The minimum atomic E-state index is -0.922. The molecular formula is C18H18N2O6.